The number of amidine groups is 1. The van der Waals surface area contributed by atoms with Crippen molar-refractivity contribution in [3.63, 3.8) is 0 Å². The summed E-state index contributed by atoms with van der Waals surface area (Å²) in [5, 5.41) is 11.9. The van der Waals surface area contributed by atoms with Crippen molar-refractivity contribution in [3.8, 4) is 0 Å². The highest BCUT2D eigenvalue weighted by Crippen LogP contribution is 2.20. The van der Waals surface area contributed by atoms with Gasteiger partial charge in [-0.05, 0) is 30.2 Å². The van der Waals surface area contributed by atoms with E-state index in [-0.39, 0.29) is 5.84 Å². The van der Waals surface area contributed by atoms with Crippen LogP contribution in [-0.2, 0) is 6.54 Å². The van der Waals surface area contributed by atoms with Gasteiger partial charge in [-0.2, -0.15) is 0 Å². The van der Waals surface area contributed by atoms with Gasteiger partial charge in [0, 0.05) is 19.8 Å². The standard InChI is InChI=1S/C15H18N4O/c1-11-6-3-4-7-12(11)10-19(2)13-8-5-9-17-14(13)15(16)18-20/h3-9,20H,10H2,1-2H3,(H2,16,18). The first kappa shape index (κ1) is 13.9. The monoisotopic (exact) mass is 270 g/mol. The lowest BCUT2D eigenvalue weighted by Gasteiger charge is -2.22. The van der Waals surface area contributed by atoms with Gasteiger partial charge in [0.2, 0.25) is 0 Å². The van der Waals surface area contributed by atoms with Crippen LogP contribution in [0.4, 0.5) is 5.69 Å². The van der Waals surface area contributed by atoms with Crippen LogP contribution in [0.1, 0.15) is 16.8 Å². The summed E-state index contributed by atoms with van der Waals surface area (Å²) in [5.74, 6) is 0.0113. The van der Waals surface area contributed by atoms with Gasteiger partial charge in [-0.1, -0.05) is 29.4 Å². The molecule has 1 aromatic carbocycles. The molecule has 5 heteroatoms. The largest absolute Gasteiger partial charge is 0.409 e. The molecule has 0 aliphatic rings. The summed E-state index contributed by atoms with van der Waals surface area (Å²) in [6.07, 6.45) is 1.62. The number of aryl methyl sites for hydroxylation is 1. The van der Waals surface area contributed by atoms with E-state index in [0.717, 1.165) is 12.2 Å². The van der Waals surface area contributed by atoms with Gasteiger partial charge in [0.05, 0.1) is 5.69 Å². The summed E-state index contributed by atoms with van der Waals surface area (Å²) in [4.78, 5) is 6.21. The summed E-state index contributed by atoms with van der Waals surface area (Å²) in [7, 11) is 1.96. The number of pyridine rings is 1. The predicted molar refractivity (Wildman–Crippen MR) is 80.0 cm³/mol. The minimum Gasteiger partial charge on any atom is -0.409 e. The summed E-state index contributed by atoms with van der Waals surface area (Å²) in [6, 6.07) is 11.9. The van der Waals surface area contributed by atoms with Crippen LogP contribution in [0.5, 0.6) is 0 Å². The van der Waals surface area contributed by atoms with E-state index < -0.39 is 0 Å². The number of benzene rings is 1. The topological polar surface area (TPSA) is 74.7 Å². The molecule has 0 bridgehead atoms. The van der Waals surface area contributed by atoms with Crippen LogP contribution < -0.4 is 10.6 Å². The molecule has 0 spiro atoms. The second kappa shape index (κ2) is 6.06. The van der Waals surface area contributed by atoms with E-state index in [1.165, 1.54) is 11.1 Å². The van der Waals surface area contributed by atoms with Crippen molar-refractivity contribution in [2.24, 2.45) is 10.9 Å². The third-order valence-corrected chi connectivity index (χ3v) is 3.22. The van der Waals surface area contributed by atoms with Crippen LogP contribution >= 0.6 is 0 Å². The number of oxime groups is 1. The molecule has 0 atom stereocenters. The summed E-state index contributed by atoms with van der Waals surface area (Å²) in [5.41, 5.74) is 9.43. The molecular formula is C15H18N4O. The van der Waals surface area contributed by atoms with Crippen LogP contribution in [0.15, 0.2) is 47.8 Å². The molecule has 0 saturated carbocycles. The Balaban J connectivity index is 2.30. The van der Waals surface area contributed by atoms with E-state index in [0.29, 0.717) is 5.69 Å². The number of nitrogens with two attached hydrogens (primary N) is 1. The number of hydrogen-bond acceptors (Lipinski definition) is 4. The maximum absolute atomic E-state index is 8.83. The molecular weight excluding hydrogens is 252 g/mol. The second-order valence-electron chi connectivity index (χ2n) is 4.64. The molecule has 0 unspecified atom stereocenters. The highest BCUT2D eigenvalue weighted by molar-refractivity contribution is 6.00. The molecule has 20 heavy (non-hydrogen) atoms. The molecule has 0 amide bonds. The third-order valence-electron chi connectivity index (χ3n) is 3.22. The van der Waals surface area contributed by atoms with Crippen LogP contribution in [0.25, 0.3) is 0 Å². The average molecular weight is 270 g/mol. The minimum atomic E-state index is 0.0113. The van der Waals surface area contributed by atoms with Crippen LogP contribution in [-0.4, -0.2) is 23.1 Å². The average Bonchev–Trinajstić information content (AvgIpc) is 2.48. The molecule has 5 nitrogen and oxygen atoms in total. The van der Waals surface area contributed by atoms with Gasteiger partial charge in [0.1, 0.15) is 5.69 Å². The van der Waals surface area contributed by atoms with Crippen molar-refractivity contribution in [3.05, 3.63) is 59.4 Å². The van der Waals surface area contributed by atoms with Crippen molar-refractivity contribution < 1.29 is 5.21 Å². The Morgan fingerprint density at radius 1 is 1.30 bits per heavy atom. The molecule has 0 radical (unpaired) electrons. The lowest BCUT2D eigenvalue weighted by atomic mass is 10.1. The van der Waals surface area contributed by atoms with Gasteiger partial charge in [0.15, 0.2) is 5.84 Å². The highest BCUT2D eigenvalue weighted by atomic mass is 16.4. The molecule has 2 aromatic rings. The summed E-state index contributed by atoms with van der Waals surface area (Å²) < 4.78 is 0. The molecule has 104 valence electrons. The quantitative estimate of drug-likeness (QED) is 0.386. The SMILES string of the molecule is Cc1ccccc1CN(C)c1cccnc1/C(N)=N/O. The van der Waals surface area contributed by atoms with E-state index >= 15 is 0 Å². The molecule has 1 heterocycles. The van der Waals surface area contributed by atoms with Crippen molar-refractivity contribution in [2.45, 2.75) is 13.5 Å². The van der Waals surface area contributed by atoms with Crippen molar-refractivity contribution in [1.82, 2.24) is 4.98 Å². The van der Waals surface area contributed by atoms with Crippen molar-refractivity contribution in [1.29, 1.82) is 0 Å². The van der Waals surface area contributed by atoms with Gasteiger partial charge >= 0.3 is 0 Å². The van der Waals surface area contributed by atoms with E-state index in [1.54, 1.807) is 6.20 Å². The third kappa shape index (κ3) is 2.88. The zero-order valence-corrected chi connectivity index (χ0v) is 11.6. The Morgan fingerprint density at radius 2 is 2.05 bits per heavy atom. The Morgan fingerprint density at radius 3 is 2.75 bits per heavy atom. The molecule has 0 aliphatic carbocycles. The number of hydrogen-bond donors (Lipinski definition) is 2. The van der Waals surface area contributed by atoms with Crippen molar-refractivity contribution >= 4 is 11.5 Å². The summed E-state index contributed by atoms with van der Waals surface area (Å²) >= 11 is 0. The molecule has 3 N–H and O–H groups in total. The van der Waals surface area contributed by atoms with Gasteiger partial charge in [0.25, 0.3) is 0 Å². The Labute approximate surface area is 118 Å². The predicted octanol–water partition coefficient (Wildman–Crippen LogP) is 2.12. The number of rotatable bonds is 4. The Hall–Kier alpha value is -2.56. The molecule has 1 aromatic heterocycles. The lowest BCUT2D eigenvalue weighted by Crippen LogP contribution is -2.24. The highest BCUT2D eigenvalue weighted by Gasteiger charge is 2.12. The summed E-state index contributed by atoms with van der Waals surface area (Å²) in [6.45, 7) is 2.81. The van der Waals surface area contributed by atoms with E-state index in [2.05, 4.69) is 29.2 Å². The van der Waals surface area contributed by atoms with Crippen LogP contribution in [0.2, 0.25) is 0 Å². The van der Waals surface area contributed by atoms with Gasteiger partial charge in [-0.25, -0.2) is 0 Å². The maximum atomic E-state index is 8.83. The van der Waals surface area contributed by atoms with Crippen molar-refractivity contribution in [2.75, 3.05) is 11.9 Å². The maximum Gasteiger partial charge on any atom is 0.190 e. The number of anilines is 1. The fraction of sp³-hybridized carbons (Fsp3) is 0.200. The fourth-order valence-corrected chi connectivity index (χ4v) is 2.08. The molecule has 0 saturated heterocycles. The van der Waals surface area contributed by atoms with Gasteiger partial charge in [-0.15, -0.1) is 0 Å². The second-order valence-corrected chi connectivity index (χ2v) is 4.64. The molecule has 2 rings (SSSR count). The Kier molecular flexibility index (Phi) is 4.20. The first-order chi connectivity index (χ1) is 9.63. The normalized spacial score (nSPS) is 11.4. The minimum absolute atomic E-state index is 0.0113. The zero-order chi connectivity index (χ0) is 14.5. The molecule has 0 aliphatic heterocycles. The van der Waals surface area contributed by atoms with Crippen LogP contribution in [0, 0.1) is 6.92 Å². The van der Waals surface area contributed by atoms with E-state index in [4.69, 9.17) is 10.9 Å². The van der Waals surface area contributed by atoms with Gasteiger partial charge in [-0.3, -0.25) is 4.98 Å². The first-order valence-corrected chi connectivity index (χ1v) is 6.32. The number of aromatic nitrogens is 1. The van der Waals surface area contributed by atoms with E-state index in [1.807, 2.05) is 36.2 Å². The van der Waals surface area contributed by atoms with Gasteiger partial charge < -0.3 is 15.8 Å². The zero-order valence-electron chi connectivity index (χ0n) is 11.6. The van der Waals surface area contributed by atoms with E-state index in [9.17, 15) is 0 Å². The van der Waals surface area contributed by atoms with Crippen LogP contribution in [0.3, 0.4) is 0 Å². The number of nitrogens with zero attached hydrogens (tertiary/aromatic N) is 3. The Bertz CT molecular complexity index is 625. The first-order valence-electron chi connectivity index (χ1n) is 6.32. The fourth-order valence-electron chi connectivity index (χ4n) is 2.08. The smallest absolute Gasteiger partial charge is 0.190 e. The molecule has 0 fully saturated rings. The lowest BCUT2D eigenvalue weighted by molar-refractivity contribution is 0.318.